The van der Waals surface area contributed by atoms with Crippen molar-refractivity contribution in [3.8, 4) is 5.75 Å². The van der Waals surface area contributed by atoms with E-state index in [0.29, 0.717) is 30.2 Å². The van der Waals surface area contributed by atoms with Gasteiger partial charge in [-0.1, -0.05) is 35.9 Å². The van der Waals surface area contributed by atoms with Gasteiger partial charge in [-0.05, 0) is 55.4 Å². The van der Waals surface area contributed by atoms with Crippen LogP contribution in [-0.4, -0.2) is 23.0 Å². The molecule has 6 nitrogen and oxygen atoms in total. The molecule has 1 aliphatic carbocycles. The first-order valence-electron chi connectivity index (χ1n) is 11.0. The van der Waals surface area contributed by atoms with Crippen LogP contribution < -0.4 is 44.7 Å². The molecule has 9 heteroatoms. The third kappa shape index (κ3) is 5.04. The molecule has 2 aromatic carbocycles. The molecule has 2 aromatic heterocycles. The number of carbonyl (C=O) groups excluding carboxylic acids is 1. The van der Waals surface area contributed by atoms with Gasteiger partial charge in [0.15, 0.2) is 0 Å². The molecule has 2 heterocycles. The summed E-state index contributed by atoms with van der Waals surface area (Å²) in [4.78, 5) is 22.1. The molecule has 0 atom stereocenters. The van der Waals surface area contributed by atoms with E-state index in [1.54, 1.807) is 18.4 Å². The van der Waals surface area contributed by atoms with Crippen molar-refractivity contribution in [3.05, 3.63) is 58.9 Å². The first-order valence-corrected chi connectivity index (χ1v) is 12.2. The number of halogens is 1. The number of rotatable bonds is 6. The number of carboxylic acid groups (broad SMARTS) is 1. The van der Waals surface area contributed by atoms with E-state index in [1.165, 1.54) is 0 Å². The number of nitrogens with one attached hydrogen (secondary N) is 1. The number of carboxylic acids is 1. The van der Waals surface area contributed by atoms with E-state index in [1.807, 2.05) is 30.3 Å². The van der Waals surface area contributed by atoms with Crippen molar-refractivity contribution < 1.29 is 44.2 Å². The second-order valence-corrected chi connectivity index (χ2v) is 9.84. The van der Waals surface area contributed by atoms with Crippen molar-refractivity contribution in [2.24, 2.45) is 5.92 Å². The summed E-state index contributed by atoms with van der Waals surface area (Å²) in [7, 11) is 1.60. The molecular formula is C25H23ClN3NaO3S. The summed E-state index contributed by atoms with van der Waals surface area (Å²) in [5.41, 5.74) is 1.02. The molecule has 34 heavy (non-hydrogen) atoms. The summed E-state index contributed by atoms with van der Waals surface area (Å²) in [6.45, 7) is 0.552. The average molecular weight is 504 g/mol. The third-order valence-corrected chi connectivity index (χ3v) is 7.72. The van der Waals surface area contributed by atoms with Crippen LogP contribution in [0.25, 0.3) is 20.3 Å². The Labute approximate surface area is 229 Å². The Morgan fingerprint density at radius 1 is 1.18 bits per heavy atom. The zero-order chi connectivity index (χ0) is 22.9. The number of carbonyl (C=O) groups is 1. The smallest absolute Gasteiger partial charge is 0.550 e. The molecule has 0 aliphatic heterocycles. The normalized spacial score (nSPS) is 17.9. The standard InChI is InChI=1S/C25H24ClN3O3S.Na/c1-32-19-11-6-14(12-18(19)26)13-27-23-21-17-4-2-3-5-20(17)33-24(21)29-22(28-23)15-7-9-16(10-8-15)25(30)31;/h2-6,11-12,15-16H,7-10,13H2,1H3,(H,30,31)(H,27,28,29);/q;+1/p-1. The molecule has 0 spiro atoms. The summed E-state index contributed by atoms with van der Waals surface area (Å²) in [6.07, 6.45) is 2.72. The van der Waals surface area contributed by atoms with Gasteiger partial charge in [0, 0.05) is 28.5 Å². The van der Waals surface area contributed by atoms with Crippen LogP contribution in [0.15, 0.2) is 42.5 Å². The quantitative estimate of drug-likeness (QED) is 0.406. The van der Waals surface area contributed by atoms with Crippen molar-refractivity contribution in [2.75, 3.05) is 12.4 Å². The average Bonchev–Trinajstić information content (AvgIpc) is 3.21. The maximum Gasteiger partial charge on any atom is 1.00 e. The van der Waals surface area contributed by atoms with Crippen LogP contribution in [0, 0.1) is 5.92 Å². The zero-order valence-electron chi connectivity index (χ0n) is 19.1. The first kappa shape index (κ1) is 25.2. The van der Waals surface area contributed by atoms with E-state index >= 15 is 0 Å². The van der Waals surface area contributed by atoms with Gasteiger partial charge in [-0.15, -0.1) is 11.3 Å². The number of fused-ring (bicyclic) bond motifs is 3. The van der Waals surface area contributed by atoms with Gasteiger partial charge in [0.2, 0.25) is 0 Å². The van der Waals surface area contributed by atoms with Gasteiger partial charge in [0.25, 0.3) is 0 Å². The van der Waals surface area contributed by atoms with Crippen molar-refractivity contribution in [2.45, 2.75) is 38.1 Å². The van der Waals surface area contributed by atoms with Gasteiger partial charge in [-0.25, -0.2) is 9.97 Å². The van der Waals surface area contributed by atoms with Gasteiger partial charge in [-0.2, -0.15) is 0 Å². The van der Waals surface area contributed by atoms with Crippen LogP contribution in [0.5, 0.6) is 5.75 Å². The Balaban J connectivity index is 0.00000274. The molecule has 170 valence electrons. The Bertz CT molecular complexity index is 1340. The number of hydrogen-bond donors (Lipinski definition) is 1. The second kappa shape index (κ2) is 10.8. The van der Waals surface area contributed by atoms with Crippen LogP contribution in [0.1, 0.15) is 43.0 Å². The molecule has 4 aromatic rings. The summed E-state index contributed by atoms with van der Waals surface area (Å²) < 4.78 is 6.41. The van der Waals surface area contributed by atoms with Gasteiger partial charge in [0.1, 0.15) is 22.2 Å². The third-order valence-electron chi connectivity index (χ3n) is 6.36. The first-order chi connectivity index (χ1) is 16.0. The number of ether oxygens (including phenoxy) is 1. The minimum Gasteiger partial charge on any atom is -0.550 e. The molecule has 0 amide bonds. The minimum absolute atomic E-state index is 0. The molecular weight excluding hydrogens is 481 g/mol. The number of hydrogen-bond acceptors (Lipinski definition) is 7. The summed E-state index contributed by atoms with van der Waals surface area (Å²) in [6, 6.07) is 14.0. The Morgan fingerprint density at radius 3 is 2.65 bits per heavy atom. The fourth-order valence-corrected chi connectivity index (χ4v) is 5.91. The van der Waals surface area contributed by atoms with Crippen molar-refractivity contribution in [1.82, 2.24) is 9.97 Å². The fraction of sp³-hybridized carbons (Fsp3) is 0.320. The summed E-state index contributed by atoms with van der Waals surface area (Å²) in [5, 5.41) is 17.5. The molecule has 0 saturated heterocycles. The van der Waals surface area contributed by atoms with Crippen LogP contribution in [0.3, 0.4) is 0 Å². The van der Waals surface area contributed by atoms with E-state index in [2.05, 4.69) is 17.4 Å². The van der Waals surface area contributed by atoms with Crippen LogP contribution in [0.2, 0.25) is 5.02 Å². The molecule has 1 saturated carbocycles. The van der Waals surface area contributed by atoms with E-state index in [-0.39, 0.29) is 41.4 Å². The number of anilines is 1. The number of nitrogens with zero attached hydrogens (tertiary/aromatic N) is 2. The van der Waals surface area contributed by atoms with Gasteiger partial charge >= 0.3 is 29.6 Å². The molecule has 0 radical (unpaired) electrons. The molecule has 1 aliphatic rings. The monoisotopic (exact) mass is 503 g/mol. The maximum absolute atomic E-state index is 11.2. The fourth-order valence-electron chi connectivity index (χ4n) is 4.54. The minimum atomic E-state index is -0.949. The second-order valence-electron chi connectivity index (χ2n) is 8.40. The number of aromatic nitrogens is 2. The SMILES string of the molecule is COc1ccc(CNc2nc(C3CCC(C(=O)[O-])CC3)nc3sc4ccccc4c23)cc1Cl.[Na+]. The van der Waals surface area contributed by atoms with E-state index in [4.69, 9.17) is 26.3 Å². The number of thiophene rings is 1. The van der Waals surface area contributed by atoms with Crippen LogP contribution in [-0.2, 0) is 11.3 Å². The predicted octanol–water partition coefficient (Wildman–Crippen LogP) is 2.15. The van der Waals surface area contributed by atoms with Gasteiger partial charge < -0.3 is 20.0 Å². The predicted molar refractivity (Wildman–Crippen MR) is 130 cm³/mol. The topological polar surface area (TPSA) is 87.2 Å². The summed E-state index contributed by atoms with van der Waals surface area (Å²) >= 11 is 7.96. The van der Waals surface area contributed by atoms with Gasteiger partial charge in [-0.3, -0.25) is 0 Å². The Hall–Kier alpha value is -1.90. The van der Waals surface area contributed by atoms with E-state index in [9.17, 15) is 9.90 Å². The number of benzene rings is 2. The molecule has 1 fully saturated rings. The molecule has 1 N–H and O–H groups in total. The number of methoxy groups -OCH3 is 1. The molecule has 5 rings (SSSR count). The van der Waals surface area contributed by atoms with E-state index < -0.39 is 5.97 Å². The molecule has 0 unspecified atom stereocenters. The Morgan fingerprint density at radius 2 is 1.94 bits per heavy atom. The van der Waals surface area contributed by atoms with Gasteiger partial charge in [0.05, 0.1) is 17.5 Å². The maximum atomic E-state index is 11.2. The zero-order valence-corrected chi connectivity index (χ0v) is 22.7. The number of aliphatic carboxylic acids is 1. The Kier molecular flexibility index (Phi) is 8.00. The van der Waals surface area contributed by atoms with Crippen molar-refractivity contribution >= 4 is 55.0 Å². The van der Waals surface area contributed by atoms with Crippen LogP contribution in [0.4, 0.5) is 5.82 Å². The largest absolute Gasteiger partial charge is 1.00 e. The van der Waals surface area contributed by atoms with E-state index in [0.717, 1.165) is 50.4 Å². The van der Waals surface area contributed by atoms with Crippen LogP contribution >= 0.6 is 22.9 Å². The van der Waals surface area contributed by atoms with Crippen molar-refractivity contribution in [1.29, 1.82) is 0 Å². The van der Waals surface area contributed by atoms with Crippen molar-refractivity contribution in [3.63, 3.8) is 0 Å². The molecule has 0 bridgehead atoms. The summed E-state index contributed by atoms with van der Waals surface area (Å²) in [5.74, 6) is 1.04.